The number of carbonyl (C=O) groups is 1. The Hall–Kier alpha value is -2.37. The molecule has 1 aromatic heterocycles. The lowest BCUT2D eigenvalue weighted by molar-refractivity contribution is 0.0696. The summed E-state index contributed by atoms with van der Waals surface area (Å²) in [6.45, 7) is 1.97. The third-order valence-corrected chi connectivity index (χ3v) is 3.12. The van der Waals surface area contributed by atoms with Gasteiger partial charge in [-0.2, -0.15) is 5.10 Å². The number of aromatic nitrogens is 2. The van der Waals surface area contributed by atoms with Crippen molar-refractivity contribution in [2.24, 2.45) is 0 Å². The van der Waals surface area contributed by atoms with Gasteiger partial charge in [-0.3, -0.25) is 4.68 Å². The molecule has 0 aliphatic carbocycles. The smallest absolute Gasteiger partial charge is 0.336 e. The number of carboxylic acid groups (broad SMARTS) is 1. The molecular formula is C14H16FN3O2. The van der Waals surface area contributed by atoms with E-state index >= 15 is 0 Å². The van der Waals surface area contributed by atoms with Crippen LogP contribution in [0.1, 0.15) is 21.6 Å². The number of anilines is 1. The molecule has 0 radical (unpaired) electrons. The van der Waals surface area contributed by atoms with E-state index in [1.165, 1.54) is 0 Å². The first-order chi connectivity index (χ1) is 9.63. The van der Waals surface area contributed by atoms with Crippen LogP contribution >= 0.6 is 0 Å². The summed E-state index contributed by atoms with van der Waals surface area (Å²) >= 11 is 0. The van der Waals surface area contributed by atoms with Crippen LogP contribution in [-0.4, -0.2) is 27.5 Å². The molecule has 20 heavy (non-hydrogen) atoms. The summed E-state index contributed by atoms with van der Waals surface area (Å²) in [6, 6.07) is 6.82. The fraction of sp³-hybridized carbons (Fsp3) is 0.286. The molecule has 0 bridgehead atoms. The summed E-state index contributed by atoms with van der Waals surface area (Å²) in [7, 11) is 0. The Morgan fingerprint density at radius 1 is 1.45 bits per heavy atom. The Bertz CT molecular complexity index is 610. The highest BCUT2D eigenvalue weighted by molar-refractivity contribution is 5.89. The first kappa shape index (κ1) is 14.0. The summed E-state index contributed by atoms with van der Waals surface area (Å²) in [6.07, 6.45) is 1.62. The zero-order chi connectivity index (χ0) is 14.5. The number of aryl methyl sites for hydroxylation is 1. The van der Waals surface area contributed by atoms with E-state index in [2.05, 4.69) is 10.4 Å². The summed E-state index contributed by atoms with van der Waals surface area (Å²) in [4.78, 5) is 11.1. The predicted octanol–water partition coefficient (Wildman–Crippen LogP) is 2.47. The molecular weight excluding hydrogens is 261 g/mol. The number of hydrogen-bond donors (Lipinski definition) is 2. The second kappa shape index (κ2) is 6.18. The van der Waals surface area contributed by atoms with Gasteiger partial charge in [-0.15, -0.1) is 0 Å². The van der Waals surface area contributed by atoms with Gasteiger partial charge in [0.2, 0.25) is 0 Å². The Balaban J connectivity index is 2.11. The number of benzene rings is 1. The molecule has 0 aliphatic heterocycles. The van der Waals surface area contributed by atoms with Crippen molar-refractivity contribution in [2.45, 2.75) is 20.0 Å². The van der Waals surface area contributed by atoms with Crippen molar-refractivity contribution in [1.29, 1.82) is 0 Å². The maximum absolute atomic E-state index is 12.3. The van der Waals surface area contributed by atoms with E-state index in [1.54, 1.807) is 35.1 Å². The topological polar surface area (TPSA) is 67.2 Å². The minimum Gasteiger partial charge on any atom is -0.478 e. The average molecular weight is 277 g/mol. The molecule has 0 unspecified atom stereocenters. The van der Waals surface area contributed by atoms with E-state index in [9.17, 15) is 9.18 Å². The molecule has 1 aromatic carbocycles. The highest BCUT2D eigenvalue weighted by Gasteiger charge is 2.10. The zero-order valence-electron chi connectivity index (χ0n) is 11.1. The van der Waals surface area contributed by atoms with Crippen LogP contribution in [0, 0.1) is 6.92 Å². The van der Waals surface area contributed by atoms with E-state index in [1.807, 2.05) is 6.92 Å². The molecule has 0 atom stereocenters. The van der Waals surface area contributed by atoms with Gasteiger partial charge in [0.05, 0.1) is 29.7 Å². The fourth-order valence-corrected chi connectivity index (χ4v) is 2.00. The second-order valence-electron chi connectivity index (χ2n) is 4.37. The van der Waals surface area contributed by atoms with Gasteiger partial charge >= 0.3 is 5.97 Å². The summed E-state index contributed by atoms with van der Waals surface area (Å²) in [5.74, 6) is -0.952. The molecule has 106 valence electrons. The molecule has 6 heteroatoms. The van der Waals surface area contributed by atoms with Crippen molar-refractivity contribution in [3.8, 4) is 0 Å². The second-order valence-corrected chi connectivity index (χ2v) is 4.37. The van der Waals surface area contributed by atoms with Gasteiger partial charge < -0.3 is 10.4 Å². The number of halogens is 1. The van der Waals surface area contributed by atoms with E-state index in [0.717, 1.165) is 11.4 Å². The van der Waals surface area contributed by atoms with Crippen molar-refractivity contribution < 1.29 is 14.3 Å². The maximum Gasteiger partial charge on any atom is 0.336 e. The Labute approximate surface area is 116 Å². The monoisotopic (exact) mass is 277 g/mol. The van der Waals surface area contributed by atoms with Gasteiger partial charge in [0.25, 0.3) is 0 Å². The van der Waals surface area contributed by atoms with Crippen molar-refractivity contribution in [3.63, 3.8) is 0 Å². The quantitative estimate of drug-likeness (QED) is 0.851. The highest BCUT2D eigenvalue weighted by Crippen LogP contribution is 2.16. The molecule has 2 aromatic rings. The van der Waals surface area contributed by atoms with Gasteiger partial charge in [-0.05, 0) is 18.6 Å². The zero-order valence-corrected chi connectivity index (χ0v) is 11.1. The molecule has 5 nitrogen and oxygen atoms in total. The molecule has 0 amide bonds. The standard InChI is InChI=1S/C14H16FN3O2/c1-10-13(9-17-18(10)7-6-15)16-8-11-4-2-3-5-12(11)14(19)20/h2-5,9,16H,6-8H2,1H3,(H,19,20). The predicted molar refractivity (Wildman–Crippen MR) is 73.7 cm³/mol. The Kier molecular flexibility index (Phi) is 4.34. The molecule has 0 spiro atoms. The number of aromatic carboxylic acids is 1. The average Bonchev–Trinajstić information content (AvgIpc) is 2.78. The maximum atomic E-state index is 12.3. The van der Waals surface area contributed by atoms with Gasteiger partial charge in [0.1, 0.15) is 6.67 Å². The number of carboxylic acids is 1. The molecule has 0 saturated carbocycles. The number of alkyl halides is 1. The number of nitrogens with one attached hydrogen (secondary N) is 1. The van der Waals surface area contributed by atoms with E-state index < -0.39 is 12.6 Å². The van der Waals surface area contributed by atoms with Crippen LogP contribution in [0.2, 0.25) is 0 Å². The van der Waals surface area contributed by atoms with Crippen molar-refractivity contribution >= 4 is 11.7 Å². The summed E-state index contributed by atoms with van der Waals surface area (Å²) < 4.78 is 13.9. The summed E-state index contributed by atoms with van der Waals surface area (Å²) in [5, 5.41) is 16.3. The molecule has 0 aliphatic rings. The molecule has 0 fully saturated rings. The fourth-order valence-electron chi connectivity index (χ4n) is 2.00. The van der Waals surface area contributed by atoms with Crippen LogP contribution in [0.3, 0.4) is 0 Å². The third kappa shape index (κ3) is 2.96. The number of rotatable bonds is 6. The minimum atomic E-state index is -0.952. The van der Waals surface area contributed by atoms with E-state index in [0.29, 0.717) is 12.1 Å². The largest absolute Gasteiger partial charge is 0.478 e. The van der Waals surface area contributed by atoms with Crippen LogP contribution in [0.4, 0.5) is 10.1 Å². The SMILES string of the molecule is Cc1c(NCc2ccccc2C(=O)O)cnn1CCF. The molecule has 1 heterocycles. The normalized spacial score (nSPS) is 10.5. The van der Waals surface area contributed by atoms with Crippen molar-refractivity contribution in [1.82, 2.24) is 9.78 Å². The van der Waals surface area contributed by atoms with E-state index in [4.69, 9.17) is 5.11 Å². The van der Waals surface area contributed by atoms with Crippen LogP contribution < -0.4 is 5.32 Å². The van der Waals surface area contributed by atoms with E-state index in [-0.39, 0.29) is 12.1 Å². The Morgan fingerprint density at radius 2 is 2.20 bits per heavy atom. The molecule has 2 rings (SSSR count). The first-order valence-electron chi connectivity index (χ1n) is 6.27. The Morgan fingerprint density at radius 3 is 2.90 bits per heavy atom. The number of nitrogens with zero attached hydrogens (tertiary/aromatic N) is 2. The van der Waals surface area contributed by atoms with Crippen LogP contribution in [0.5, 0.6) is 0 Å². The lowest BCUT2D eigenvalue weighted by Crippen LogP contribution is -2.08. The lowest BCUT2D eigenvalue weighted by Gasteiger charge is -2.09. The summed E-state index contributed by atoms with van der Waals surface area (Å²) in [5.41, 5.74) is 2.57. The van der Waals surface area contributed by atoms with Crippen molar-refractivity contribution in [2.75, 3.05) is 12.0 Å². The minimum absolute atomic E-state index is 0.221. The molecule has 0 saturated heterocycles. The van der Waals surface area contributed by atoms with Crippen LogP contribution in [0.15, 0.2) is 30.5 Å². The van der Waals surface area contributed by atoms with Crippen LogP contribution in [0.25, 0.3) is 0 Å². The van der Waals surface area contributed by atoms with Crippen LogP contribution in [-0.2, 0) is 13.1 Å². The molecule has 2 N–H and O–H groups in total. The van der Waals surface area contributed by atoms with Crippen molar-refractivity contribution in [3.05, 3.63) is 47.3 Å². The van der Waals surface area contributed by atoms with Gasteiger partial charge in [-0.25, -0.2) is 9.18 Å². The van der Waals surface area contributed by atoms with Gasteiger partial charge in [0, 0.05) is 6.54 Å². The number of hydrogen-bond acceptors (Lipinski definition) is 3. The van der Waals surface area contributed by atoms with Gasteiger partial charge in [-0.1, -0.05) is 18.2 Å². The highest BCUT2D eigenvalue weighted by atomic mass is 19.1. The third-order valence-electron chi connectivity index (χ3n) is 3.12. The first-order valence-corrected chi connectivity index (χ1v) is 6.27. The van der Waals surface area contributed by atoms with Gasteiger partial charge in [0.15, 0.2) is 0 Å². The lowest BCUT2D eigenvalue weighted by atomic mass is 10.1.